The number of rotatable bonds is 2. The summed E-state index contributed by atoms with van der Waals surface area (Å²) in [4.78, 5) is 11.2. The summed E-state index contributed by atoms with van der Waals surface area (Å²) >= 11 is 0. The van der Waals surface area contributed by atoms with Gasteiger partial charge in [0.25, 0.3) is 0 Å². The molecular weight excluding hydrogens is 300 g/mol. The number of carbonyl (C=O) groups excluding carboxylic acids is 1. The number of nitrogens with zero attached hydrogens (tertiary/aromatic N) is 1. The molecule has 0 bridgehead atoms. The van der Waals surface area contributed by atoms with Gasteiger partial charge in [-0.15, -0.1) is 0 Å². The van der Waals surface area contributed by atoms with E-state index in [0.29, 0.717) is 5.39 Å². The van der Waals surface area contributed by atoms with Crippen LogP contribution in [0.3, 0.4) is 0 Å². The molecule has 3 rings (SSSR count). The van der Waals surface area contributed by atoms with Crippen molar-refractivity contribution < 1.29 is 22.4 Å². The molecule has 22 heavy (non-hydrogen) atoms. The van der Waals surface area contributed by atoms with Gasteiger partial charge in [0.2, 0.25) is 5.91 Å². The van der Waals surface area contributed by atoms with E-state index in [2.05, 4.69) is 5.43 Å². The summed E-state index contributed by atoms with van der Waals surface area (Å²) in [6.45, 7) is -0.0236. The average Bonchev–Trinajstić information content (AvgIpc) is 2.83. The van der Waals surface area contributed by atoms with Gasteiger partial charge in [0.15, 0.2) is 0 Å². The molecule has 1 atom stereocenters. The molecule has 1 N–H and O–H groups in total. The van der Waals surface area contributed by atoms with E-state index in [1.54, 1.807) is 6.07 Å². The second-order valence-electron chi connectivity index (χ2n) is 5.14. The maximum absolute atomic E-state index is 13.6. The van der Waals surface area contributed by atoms with Crippen LogP contribution < -0.4 is 5.43 Å². The number of fused-ring (bicyclic) bond motifs is 1. The zero-order valence-electron chi connectivity index (χ0n) is 11.3. The van der Waals surface area contributed by atoms with Crippen molar-refractivity contribution in [1.82, 2.24) is 10.4 Å². The summed E-state index contributed by atoms with van der Waals surface area (Å²) in [7, 11) is 0. The molecule has 0 spiro atoms. The van der Waals surface area contributed by atoms with Crippen molar-refractivity contribution in [2.45, 2.75) is 18.6 Å². The molecule has 2 aromatic carbocycles. The molecule has 0 radical (unpaired) electrons. The van der Waals surface area contributed by atoms with E-state index in [4.69, 9.17) is 0 Å². The number of alkyl halides is 3. The molecule has 1 aliphatic rings. The number of hydrazine groups is 1. The van der Waals surface area contributed by atoms with Gasteiger partial charge in [-0.25, -0.2) is 9.40 Å². The van der Waals surface area contributed by atoms with E-state index in [-0.39, 0.29) is 23.9 Å². The Bertz CT molecular complexity index is 729. The first kappa shape index (κ1) is 14.8. The summed E-state index contributed by atoms with van der Waals surface area (Å²) < 4.78 is 53.8. The summed E-state index contributed by atoms with van der Waals surface area (Å²) in [6.07, 6.45) is -4.53. The number of hydrogen-bond acceptors (Lipinski definition) is 2. The molecule has 0 aromatic heterocycles. The minimum atomic E-state index is -4.56. The van der Waals surface area contributed by atoms with E-state index in [1.165, 1.54) is 30.3 Å². The van der Waals surface area contributed by atoms with Crippen molar-refractivity contribution in [3.8, 4) is 0 Å². The Hall–Kier alpha value is -2.15. The highest BCUT2D eigenvalue weighted by molar-refractivity contribution is 5.84. The quantitative estimate of drug-likeness (QED) is 0.863. The Labute approximate surface area is 123 Å². The van der Waals surface area contributed by atoms with Gasteiger partial charge in [-0.1, -0.05) is 24.3 Å². The van der Waals surface area contributed by atoms with Crippen LogP contribution >= 0.6 is 0 Å². The monoisotopic (exact) mass is 312 g/mol. The number of hydrogen-bond donors (Lipinski definition) is 1. The van der Waals surface area contributed by atoms with Crippen LogP contribution in [0.4, 0.5) is 17.6 Å². The Morgan fingerprint density at radius 1 is 1.18 bits per heavy atom. The maximum Gasteiger partial charge on any atom is 0.409 e. The zero-order valence-corrected chi connectivity index (χ0v) is 11.3. The average molecular weight is 312 g/mol. The van der Waals surface area contributed by atoms with Crippen molar-refractivity contribution >= 4 is 16.7 Å². The smallest absolute Gasteiger partial charge is 0.288 e. The first-order chi connectivity index (χ1) is 10.4. The SMILES string of the molecule is O=C1CCN(C(c2ccc3c(F)cccc3c2)C(F)(F)F)N1. The van der Waals surface area contributed by atoms with E-state index in [1.807, 2.05) is 0 Å². The Morgan fingerprint density at radius 2 is 1.95 bits per heavy atom. The fourth-order valence-corrected chi connectivity index (χ4v) is 2.67. The van der Waals surface area contributed by atoms with Crippen molar-refractivity contribution in [1.29, 1.82) is 0 Å². The van der Waals surface area contributed by atoms with Crippen molar-refractivity contribution in [3.05, 3.63) is 47.8 Å². The second kappa shape index (κ2) is 5.24. The number of benzene rings is 2. The third-order valence-corrected chi connectivity index (χ3v) is 3.64. The lowest BCUT2D eigenvalue weighted by molar-refractivity contribution is -0.191. The van der Waals surface area contributed by atoms with E-state index in [0.717, 1.165) is 5.01 Å². The van der Waals surface area contributed by atoms with E-state index < -0.39 is 23.9 Å². The molecular formula is C15H12F4N2O. The van der Waals surface area contributed by atoms with Gasteiger partial charge < -0.3 is 0 Å². The number of amides is 1. The van der Waals surface area contributed by atoms with Crippen molar-refractivity contribution in [2.75, 3.05) is 6.54 Å². The standard InChI is InChI=1S/C15H12F4N2O/c16-12-3-1-2-9-8-10(4-5-11(9)12)14(15(17,18)19)21-7-6-13(22)20-21/h1-5,8,14H,6-7H2,(H,20,22). The van der Waals surface area contributed by atoms with Gasteiger partial charge in [-0.05, 0) is 23.1 Å². The van der Waals surface area contributed by atoms with Gasteiger partial charge in [-0.3, -0.25) is 10.2 Å². The lowest BCUT2D eigenvalue weighted by Crippen LogP contribution is -2.43. The summed E-state index contributed by atoms with van der Waals surface area (Å²) in [5, 5.41) is 1.53. The predicted molar refractivity (Wildman–Crippen MR) is 72.2 cm³/mol. The first-order valence-electron chi connectivity index (χ1n) is 6.67. The highest BCUT2D eigenvalue weighted by atomic mass is 19.4. The van der Waals surface area contributed by atoms with Crippen LogP contribution in [0.5, 0.6) is 0 Å². The third-order valence-electron chi connectivity index (χ3n) is 3.64. The maximum atomic E-state index is 13.6. The Kier molecular flexibility index (Phi) is 3.52. The fourth-order valence-electron chi connectivity index (χ4n) is 2.67. The van der Waals surface area contributed by atoms with Crippen molar-refractivity contribution in [3.63, 3.8) is 0 Å². The van der Waals surface area contributed by atoms with Crippen molar-refractivity contribution in [2.24, 2.45) is 0 Å². The molecule has 1 amide bonds. The topological polar surface area (TPSA) is 32.3 Å². The highest BCUT2D eigenvalue weighted by Gasteiger charge is 2.46. The predicted octanol–water partition coefficient (Wildman–Crippen LogP) is 3.32. The summed E-state index contributed by atoms with van der Waals surface area (Å²) in [5.74, 6) is -0.928. The number of carbonyl (C=O) groups is 1. The zero-order chi connectivity index (χ0) is 15.9. The Morgan fingerprint density at radius 3 is 2.59 bits per heavy atom. The molecule has 116 valence electrons. The normalized spacial score (nSPS) is 17.7. The number of nitrogens with one attached hydrogen (secondary N) is 1. The molecule has 1 fully saturated rings. The summed E-state index contributed by atoms with van der Waals surface area (Å²) in [5.41, 5.74) is 2.18. The van der Waals surface area contributed by atoms with E-state index in [9.17, 15) is 22.4 Å². The second-order valence-corrected chi connectivity index (χ2v) is 5.14. The van der Waals surface area contributed by atoms with Crippen LogP contribution in [-0.4, -0.2) is 23.6 Å². The lowest BCUT2D eigenvalue weighted by atomic mass is 10.0. The molecule has 1 saturated heterocycles. The minimum absolute atomic E-state index is 0.0226. The molecule has 0 saturated carbocycles. The van der Waals surface area contributed by atoms with Gasteiger partial charge in [-0.2, -0.15) is 13.2 Å². The molecule has 1 unspecified atom stereocenters. The largest absolute Gasteiger partial charge is 0.409 e. The Balaban J connectivity index is 2.06. The van der Waals surface area contributed by atoms with Gasteiger partial charge in [0, 0.05) is 18.4 Å². The molecule has 1 aliphatic heterocycles. The van der Waals surface area contributed by atoms with Gasteiger partial charge >= 0.3 is 6.18 Å². The van der Waals surface area contributed by atoms with Crippen LogP contribution in [0.25, 0.3) is 10.8 Å². The number of halogens is 4. The molecule has 2 aromatic rings. The summed E-state index contributed by atoms with van der Waals surface area (Å²) in [6, 6.07) is 6.18. The lowest BCUT2D eigenvalue weighted by Gasteiger charge is -2.29. The van der Waals surface area contributed by atoms with E-state index >= 15 is 0 Å². The van der Waals surface area contributed by atoms with Crippen LogP contribution in [0.1, 0.15) is 18.0 Å². The fraction of sp³-hybridized carbons (Fsp3) is 0.267. The van der Waals surface area contributed by atoms with Gasteiger partial charge in [0.1, 0.15) is 11.9 Å². The van der Waals surface area contributed by atoms with Gasteiger partial charge in [0.05, 0.1) is 0 Å². The van der Waals surface area contributed by atoms with Crippen LogP contribution in [0.2, 0.25) is 0 Å². The minimum Gasteiger partial charge on any atom is -0.288 e. The molecule has 0 aliphatic carbocycles. The third kappa shape index (κ3) is 2.64. The van der Waals surface area contributed by atoms with Crippen LogP contribution in [0, 0.1) is 5.82 Å². The molecule has 7 heteroatoms. The molecule has 3 nitrogen and oxygen atoms in total. The highest BCUT2D eigenvalue weighted by Crippen LogP contribution is 2.38. The first-order valence-corrected chi connectivity index (χ1v) is 6.67. The van der Waals surface area contributed by atoms with Crippen LogP contribution in [-0.2, 0) is 4.79 Å². The van der Waals surface area contributed by atoms with Crippen LogP contribution in [0.15, 0.2) is 36.4 Å². The molecule has 1 heterocycles.